The molecular formula is C19H22F2N2O2. The second kappa shape index (κ2) is 8.46. The minimum atomic E-state index is -0.993. The van der Waals surface area contributed by atoms with Gasteiger partial charge in [0.1, 0.15) is 5.75 Å². The first kappa shape index (κ1) is 18.7. The number of halogens is 2. The maximum absolute atomic E-state index is 13.3. The molecular weight excluding hydrogens is 326 g/mol. The van der Waals surface area contributed by atoms with Crippen molar-refractivity contribution in [3.05, 3.63) is 59.7 Å². The number of nitrogens with one attached hydrogen (secondary N) is 1. The molecule has 2 rings (SSSR count). The average molecular weight is 348 g/mol. The molecule has 6 heteroatoms. The van der Waals surface area contributed by atoms with E-state index in [1.165, 1.54) is 6.07 Å². The molecule has 134 valence electrons. The minimum absolute atomic E-state index is 0.0660. The van der Waals surface area contributed by atoms with E-state index in [9.17, 15) is 13.6 Å². The van der Waals surface area contributed by atoms with Gasteiger partial charge in [-0.15, -0.1) is 0 Å². The third kappa shape index (κ3) is 4.92. The standard InChI is InChI=1S/C19H22F2N2O2/c1-4-23(13(2)11-14-5-8-16(25-3)9-6-14)19(24)22-15-7-10-17(20)18(21)12-15/h5-10,12-13H,4,11H2,1-3H3,(H,22,24). The number of likely N-dealkylation sites (N-methyl/N-ethyl adjacent to an activating group) is 1. The Labute approximate surface area is 146 Å². The van der Waals surface area contributed by atoms with Gasteiger partial charge in [0.25, 0.3) is 0 Å². The van der Waals surface area contributed by atoms with Crippen molar-refractivity contribution < 1.29 is 18.3 Å². The summed E-state index contributed by atoms with van der Waals surface area (Å²) >= 11 is 0. The van der Waals surface area contributed by atoms with Crippen LogP contribution in [0.4, 0.5) is 19.3 Å². The monoisotopic (exact) mass is 348 g/mol. The molecule has 2 aromatic rings. The molecule has 1 N–H and O–H groups in total. The number of urea groups is 1. The summed E-state index contributed by atoms with van der Waals surface area (Å²) in [4.78, 5) is 14.1. The van der Waals surface area contributed by atoms with E-state index in [0.29, 0.717) is 13.0 Å². The minimum Gasteiger partial charge on any atom is -0.497 e. The second-order valence-corrected chi connectivity index (χ2v) is 5.75. The number of methoxy groups -OCH3 is 1. The maximum Gasteiger partial charge on any atom is 0.322 e. The van der Waals surface area contributed by atoms with Gasteiger partial charge in [-0.3, -0.25) is 0 Å². The third-order valence-corrected chi connectivity index (χ3v) is 3.99. The van der Waals surface area contributed by atoms with Crippen molar-refractivity contribution in [1.29, 1.82) is 0 Å². The fraction of sp³-hybridized carbons (Fsp3) is 0.316. The predicted octanol–water partition coefficient (Wildman–Crippen LogP) is 4.46. The van der Waals surface area contributed by atoms with Gasteiger partial charge in [-0.05, 0) is 50.1 Å². The number of benzene rings is 2. The molecule has 0 bridgehead atoms. The highest BCUT2D eigenvalue weighted by molar-refractivity contribution is 5.89. The highest BCUT2D eigenvalue weighted by Crippen LogP contribution is 2.17. The second-order valence-electron chi connectivity index (χ2n) is 5.75. The number of carbonyl (C=O) groups is 1. The Morgan fingerprint density at radius 1 is 1.16 bits per heavy atom. The van der Waals surface area contributed by atoms with Gasteiger partial charge in [0, 0.05) is 24.3 Å². The summed E-state index contributed by atoms with van der Waals surface area (Å²) in [5.74, 6) is -1.16. The van der Waals surface area contributed by atoms with E-state index in [0.717, 1.165) is 23.4 Å². The zero-order valence-electron chi connectivity index (χ0n) is 14.6. The van der Waals surface area contributed by atoms with Crippen molar-refractivity contribution in [3.8, 4) is 5.75 Å². The molecule has 0 aliphatic heterocycles. The van der Waals surface area contributed by atoms with Gasteiger partial charge in [0.2, 0.25) is 0 Å². The fourth-order valence-electron chi connectivity index (χ4n) is 2.64. The smallest absolute Gasteiger partial charge is 0.322 e. The summed E-state index contributed by atoms with van der Waals surface area (Å²) in [6.07, 6.45) is 0.670. The van der Waals surface area contributed by atoms with E-state index in [-0.39, 0.29) is 17.8 Å². The van der Waals surface area contributed by atoms with Crippen molar-refractivity contribution in [2.45, 2.75) is 26.3 Å². The van der Waals surface area contributed by atoms with Crippen LogP contribution in [0, 0.1) is 11.6 Å². The van der Waals surface area contributed by atoms with Gasteiger partial charge in [0.05, 0.1) is 7.11 Å². The first-order valence-corrected chi connectivity index (χ1v) is 8.10. The summed E-state index contributed by atoms with van der Waals surface area (Å²) in [7, 11) is 1.61. The van der Waals surface area contributed by atoms with Crippen LogP contribution in [0.15, 0.2) is 42.5 Å². The summed E-state index contributed by atoms with van der Waals surface area (Å²) in [6, 6.07) is 10.5. The van der Waals surface area contributed by atoms with E-state index >= 15 is 0 Å². The van der Waals surface area contributed by atoms with Crippen LogP contribution in [0.1, 0.15) is 19.4 Å². The summed E-state index contributed by atoms with van der Waals surface area (Å²) < 4.78 is 31.4. The van der Waals surface area contributed by atoms with Gasteiger partial charge in [-0.25, -0.2) is 13.6 Å². The molecule has 0 aliphatic carbocycles. The van der Waals surface area contributed by atoms with Crippen LogP contribution in [0.2, 0.25) is 0 Å². The lowest BCUT2D eigenvalue weighted by Gasteiger charge is -2.28. The maximum atomic E-state index is 13.3. The van der Waals surface area contributed by atoms with Crippen molar-refractivity contribution in [2.24, 2.45) is 0 Å². The van der Waals surface area contributed by atoms with Crippen molar-refractivity contribution in [3.63, 3.8) is 0 Å². The van der Waals surface area contributed by atoms with Crippen molar-refractivity contribution in [1.82, 2.24) is 4.90 Å². The molecule has 1 atom stereocenters. The van der Waals surface area contributed by atoms with Crippen LogP contribution in [0.5, 0.6) is 5.75 Å². The van der Waals surface area contributed by atoms with Crippen LogP contribution < -0.4 is 10.1 Å². The lowest BCUT2D eigenvalue weighted by Crippen LogP contribution is -2.42. The highest BCUT2D eigenvalue weighted by Gasteiger charge is 2.19. The van der Waals surface area contributed by atoms with Crippen LogP contribution in [0.3, 0.4) is 0 Å². The number of hydrogen-bond donors (Lipinski definition) is 1. The molecule has 1 unspecified atom stereocenters. The Balaban J connectivity index is 2.03. The number of carbonyl (C=O) groups excluding carboxylic acids is 1. The molecule has 0 radical (unpaired) electrons. The number of nitrogens with zero attached hydrogens (tertiary/aromatic N) is 1. The first-order valence-electron chi connectivity index (χ1n) is 8.10. The zero-order chi connectivity index (χ0) is 18.4. The van der Waals surface area contributed by atoms with E-state index in [2.05, 4.69) is 5.32 Å². The van der Waals surface area contributed by atoms with Gasteiger partial charge < -0.3 is 15.0 Å². The van der Waals surface area contributed by atoms with E-state index in [1.807, 2.05) is 38.1 Å². The Morgan fingerprint density at radius 2 is 1.84 bits per heavy atom. The molecule has 0 aliphatic rings. The number of rotatable bonds is 6. The Morgan fingerprint density at radius 3 is 2.40 bits per heavy atom. The third-order valence-electron chi connectivity index (χ3n) is 3.99. The molecule has 0 heterocycles. The van der Waals surface area contributed by atoms with E-state index in [4.69, 9.17) is 4.74 Å². The molecule has 25 heavy (non-hydrogen) atoms. The summed E-state index contributed by atoms with van der Waals surface area (Å²) in [5, 5.41) is 2.61. The van der Waals surface area contributed by atoms with Crippen LogP contribution in [0.25, 0.3) is 0 Å². The molecule has 2 amide bonds. The average Bonchev–Trinajstić information content (AvgIpc) is 2.59. The lowest BCUT2D eigenvalue weighted by atomic mass is 10.1. The lowest BCUT2D eigenvalue weighted by molar-refractivity contribution is 0.196. The molecule has 0 saturated carbocycles. The van der Waals surface area contributed by atoms with Gasteiger partial charge in [-0.1, -0.05) is 12.1 Å². The molecule has 0 fully saturated rings. The number of anilines is 1. The van der Waals surface area contributed by atoms with Crippen molar-refractivity contribution in [2.75, 3.05) is 19.0 Å². The van der Waals surface area contributed by atoms with E-state index in [1.54, 1.807) is 12.0 Å². The highest BCUT2D eigenvalue weighted by atomic mass is 19.2. The predicted molar refractivity (Wildman–Crippen MR) is 93.9 cm³/mol. The quantitative estimate of drug-likeness (QED) is 0.837. The van der Waals surface area contributed by atoms with Crippen LogP contribution in [-0.4, -0.2) is 30.6 Å². The van der Waals surface area contributed by atoms with Gasteiger partial charge in [-0.2, -0.15) is 0 Å². The Bertz CT molecular complexity index is 720. The fourth-order valence-corrected chi connectivity index (χ4v) is 2.64. The molecule has 0 spiro atoms. The Kier molecular flexibility index (Phi) is 6.33. The number of amides is 2. The van der Waals surface area contributed by atoms with Crippen LogP contribution >= 0.6 is 0 Å². The number of hydrogen-bond acceptors (Lipinski definition) is 2. The molecule has 4 nitrogen and oxygen atoms in total. The van der Waals surface area contributed by atoms with E-state index < -0.39 is 11.6 Å². The molecule has 0 aromatic heterocycles. The largest absolute Gasteiger partial charge is 0.497 e. The Hall–Kier alpha value is -2.63. The topological polar surface area (TPSA) is 41.6 Å². The van der Waals surface area contributed by atoms with Gasteiger partial charge in [0.15, 0.2) is 11.6 Å². The summed E-state index contributed by atoms with van der Waals surface area (Å²) in [6.45, 7) is 4.31. The molecule has 2 aromatic carbocycles. The van der Waals surface area contributed by atoms with Crippen LogP contribution in [-0.2, 0) is 6.42 Å². The van der Waals surface area contributed by atoms with Gasteiger partial charge >= 0.3 is 6.03 Å². The number of ether oxygens (including phenoxy) is 1. The van der Waals surface area contributed by atoms with Crippen molar-refractivity contribution >= 4 is 11.7 Å². The normalized spacial score (nSPS) is 11.7. The molecule has 0 saturated heterocycles. The SMILES string of the molecule is CCN(C(=O)Nc1ccc(F)c(F)c1)C(C)Cc1ccc(OC)cc1. The first-order chi connectivity index (χ1) is 11.9. The zero-order valence-corrected chi connectivity index (χ0v) is 14.6. The summed E-state index contributed by atoms with van der Waals surface area (Å²) in [5.41, 5.74) is 1.30.